The van der Waals surface area contributed by atoms with Crippen LogP contribution in [0.3, 0.4) is 0 Å². The van der Waals surface area contributed by atoms with E-state index in [9.17, 15) is 4.79 Å². The average Bonchev–Trinajstić information content (AvgIpc) is 3.24. The highest BCUT2D eigenvalue weighted by atomic mass is 35.5. The Hall–Kier alpha value is -1.26. The van der Waals surface area contributed by atoms with E-state index in [-0.39, 0.29) is 5.97 Å². The molecular weight excluding hydrogens is 288 g/mol. The molecule has 21 heavy (non-hydrogen) atoms. The summed E-state index contributed by atoms with van der Waals surface area (Å²) in [6.45, 7) is 1.91. The van der Waals surface area contributed by atoms with Crippen LogP contribution in [0.15, 0.2) is 18.2 Å². The lowest BCUT2D eigenvalue weighted by Gasteiger charge is -2.31. The minimum Gasteiger partial charge on any atom is -0.465 e. The van der Waals surface area contributed by atoms with Gasteiger partial charge in [-0.15, -0.1) is 0 Å². The molecule has 2 aliphatic rings. The molecule has 0 aromatic heterocycles. The summed E-state index contributed by atoms with van der Waals surface area (Å²) in [7, 11) is 1.38. The predicted molar refractivity (Wildman–Crippen MR) is 84.0 cm³/mol. The molecule has 0 amide bonds. The van der Waals surface area contributed by atoms with E-state index >= 15 is 0 Å². The lowest BCUT2D eigenvalue weighted by molar-refractivity contribution is 0.0602. The number of carbonyl (C=O) groups excluding carboxylic acids is 1. The number of halogens is 1. The second-order valence-corrected chi connectivity index (χ2v) is 6.60. The number of carbonyl (C=O) groups is 1. The smallest absolute Gasteiger partial charge is 0.340 e. The summed E-state index contributed by atoms with van der Waals surface area (Å²) in [5.74, 6) is -0.365. The molecule has 1 aliphatic carbocycles. The zero-order valence-corrected chi connectivity index (χ0v) is 13.0. The molecule has 1 heterocycles. The number of piperidine rings is 1. The van der Waals surface area contributed by atoms with E-state index < -0.39 is 0 Å². The number of benzene rings is 1. The van der Waals surface area contributed by atoms with Crippen molar-refractivity contribution in [2.75, 3.05) is 25.5 Å². The maximum absolute atomic E-state index is 11.8. The van der Waals surface area contributed by atoms with Crippen LogP contribution < -0.4 is 10.6 Å². The molecule has 1 aromatic carbocycles. The summed E-state index contributed by atoms with van der Waals surface area (Å²) < 4.78 is 4.81. The molecule has 3 rings (SSSR count). The molecule has 1 atom stereocenters. The number of nitrogens with one attached hydrogen (secondary N) is 2. The Labute approximate surface area is 130 Å². The summed E-state index contributed by atoms with van der Waals surface area (Å²) in [5.41, 5.74) is 1.88. The molecule has 1 saturated carbocycles. The maximum atomic E-state index is 11.8. The fourth-order valence-corrected chi connectivity index (χ4v) is 3.37. The SMILES string of the molecule is COC(=O)c1cc(Cl)ccc1NC[C@@H]1CC2(CCN1)CC2. The average molecular weight is 309 g/mol. The van der Waals surface area contributed by atoms with E-state index in [0.29, 0.717) is 22.0 Å². The number of hydrogen-bond acceptors (Lipinski definition) is 4. The largest absolute Gasteiger partial charge is 0.465 e. The summed E-state index contributed by atoms with van der Waals surface area (Å²) in [6.07, 6.45) is 5.28. The lowest BCUT2D eigenvalue weighted by Crippen LogP contribution is -2.43. The number of anilines is 1. The molecule has 0 radical (unpaired) electrons. The van der Waals surface area contributed by atoms with Crippen LogP contribution in [0, 0.1) is 5.41 Å². The molecule has 2 fully saturated rings. The first-order valence-corrected chi connectivity index (χ1v) is 7.85. The highest BCUT2D eigenvalue weighted by Gasteiger charge is 2.45. The van der Waals surface area contributed by atoms with Crippen LogP contribution in [0.1, 0.15) is 36.0 Å². The first-order chi connectivity index (χ1) is 10.1. The summed E-state index contributed by atoms with van der Waals surface area (Å²) >= 11 is 5.96. The summed E-state index contributed by atoms with van der Waals surface area (Å²) in [4.78, 5) is 11.8. The minimum absolute atomic E-state index is 0.365. The molecule has 1 spiro atoms. The van der Waals surface area contributed by atoms with Crippen molar-refractivity contribution in [3.05, 3.63) is 28.8 Å². The van der Waals surface area contributed by atoms with E-state index in [4.69, 9.17) is 16.3 Å². The first kappa shape index (κ1) is 14.7. The fraction of sp³-hybridized carbons (Fsp3) is 0.562. The molecule has 1 aromatic rings. The lowest BCUT2D eigenvalue weighted by atomic mass is 9.89. The van der Waals surface area contributed by atoms with Gasteiger partial charge in [-0.1, -0.05) is 11.6 Å². The summed E-state index contributed by atoms with van der Waals surface area (Å²) in [6, 6.07) is 5.73. The molecule has 0 bridgehead atoms. The third kappa shape index (κ3) is 3.33. The Bertz CT molecular complexity index is 543. The van der Waals surface area contributed by atoms with E-state index in [1.807, 2.05) is 6.07 Å². The van der Waals surface area contributed by atoms with E-state index in [0.717, 1.165) is 18.8 Å². The van der Waals surface area contributed by atoms with Crippen molar-refractivity contribution in [1.29, 1.82) is 0 Å². The van der Waals surface area contributed by atoms with Crippen molar-refractivity contribution in [1.82, 2.24) is 5.32 Å². The molecule has 1 saturated heterocycles. The van der Waals surface area contributed by atoms with Crippen LogP contribution >= 0.6 is 11.6 Å². The molecule has 0 unspecified atom stereocenters. The van der Waals surface area contributed by atoms with Crippen LogP contribution in [0.25, 0.3) is 0 Å². The fourth-order valence-electron chi connectivity index (χ4n) is 3.20. The van der Waals surface area contributed by atoms with Crippen molar-refractivity contribution in [3.63, 3.8) is 0 Å². The van der Waals surface area contributed by atoms with Gasteiger partial charge in [-0.3, -0.25) is 0 Å². The third-order valence-corrected chi connectivity index (χ3v) is 4.89. The number of esters is 1. The Morgan fingerprint density at radius 2 is 2.29 bits per heavy atom. The van der Waals surface area contributed by atoms with Crippen LogP contribution in [0.4, 0.5) is 5.69 Å². The monoisotopic (exact) mass is 308 g/mol. The van der Waals surface area contributed by atoms with Gasteiger partial charge in [0.15, 0.2) is 0 Å². The Balaban J connectivity index is 1.65. The topological polar surface area (TPSA) is 50.4 Å². The number of methoxy groups -OCH3 is 1. The van der Waals surface area contributed by atoms with Gasteiger partial charge >= 0.3 is 5.97 Å². The minimum atomic E-state index is -0.365. The van der Waals surface area contributed by atoms with Crippen molar-refractivity contribution >= 4 is 23.3 Å². The molecular formula is C16H21ClN2O2. The van der Waals surface area contributed by atoms with E-state index in [2.05, 4.69) is 10.6 Å². The van der Waals surface area contributed by atoms with E-state index in [1.165, 1.54) is 32.8 Å². The number of rotatable bonds is 4. The maximum Gasteiger partial charge on any atom is 0.340 e. The van der Waals surface area contributed by atoms with E-state index in [1.54, 1.807) is 12.1 Å². The van der Waals surface area contributed by atoms with Crippen molar-refractivity contribution < 1.29 is 9.53 Å². The van der Waals surface area contributed by atoms with Gasteiger partial charge in [-0.05, 0) is 55.8 Å². The van der Waals surface area contributed by atoms with Crippen LogP contribution in [0.5, 0.6) is 0 Å². The molecule has 5 heteroatoms. The molecule has 1 aliphatic heterocycles. The zero-order valence-electron chi connectivity index (χ0n) is 12.2. The van der Waals surface area contributed by atoms with Gasteiger partial charge in [0.25, 0.3) is 0 Å². The van der Waals surface area contributed by atoms with Crippen molar-refractivity contribution in [2.45, 2.75) is 31.7 Å². The van der Waals surface area contributed by atoms with Gasteiger partial charge < -0.3 is 15.4 Å². The highest BCUT2D eigenvalue weighted by molar-refractivity contribution is 6.31. The second kappa shape index (κ2) is 5.85. The number of hydrogen-bond donors (Lipinski definition) is 2. The van der Waals surface area contributed by atoms with Gasteiger partial charge in [0.05, 0.1) is 12.7 Å². The van der Waals surface area contributed by atoms with Gasteiger partial charge in [0, 0.05) is 23.3 Å². The van der Waals surface area contributed by atoms with Gasteiger partial charge in [-0.25, -0.2) is 4.79 Å². The van der Waals surface area contributed by atoms with Crippen molar-refractivity contribution in [2.24, 2.45) is 5.41 Å². The number of ether oxygens (including phenoxy) is 1. The van der Waals surface area contributed by atoms with Crippen LogP contribution in [-0.4, -0.2) is 32.2 Å². The zero-order chi connectivity index (χ0) is 14.9. The molecule has 114 valence electrons. The Morgan fingerprint density at radius 3 is 3.00 bits per heavy atom. The van der Waals surface area contributed by atoms with Crippen LogP contribution in [0.2, 0.25) is 5.02 Å². The standard InChI is InChI=1S/C16H21ClN2O2/c1-21-15(20)13-8-11(17)2-3-14(13)19-10-12-9-16(4-5-16)6-7-18-12/h2-3,8,12,18-19H,4-7,9-10H2,1H3/t12-/m0/s1. The Morgan fingerprint density at radius 1 is 1.48 bits per heavy atom. The van der Waals surface area contributed by atoms with Crippen molar-refractivity contribution in [3.8, 4) is 0 Å². The van der Waals surface area contributed by atoms with Gasteiger partial charge in [0.2, 0.25) is 0 Å². The van der Waals surface area contributed by atoms with Gasteiger partial charge in [0.1, 0.15) is 0 Å². The molecule has 2 N–H and O–H groups in total. The first-order valence-electron chi connectivity index (χ1n) is 7.47. The highest BCUT2D eigenvalue weighted by Crippen LogP contribution is 2.53. The quantitative estimate of drug-likeness (QED) is 0.839. The Kier molecular flexibility index (Phi) is 4.09. The van der Waals surface area contributed by atoms with Gasteiger partial charge in [-0.2, -0.15) is 0 Å². The third-order valence-electron chi connectivity index (χ3n) is 4.65. The normalized spacial score (nSPS) is 22.9. The van der Waals surface area contributed by atoms with Crippen LogP contribution in [-0.2, 0) is 4.74 Å². The summed E-state index contributed by atoms with van der Waals surface area (Å²) in [5, 5.41) is 7.46. The second-order valence-electron chi connectivity index (χ2n) is 6.17. The molecule has 4 nitrogen and oxygen atoms in total. The predicted octanol–water partition coefficient (Wildman–Crippen LogP) is 3.07.